The number of hydrogen-bond donors (Lipinski definition) is 1. The summed E-state index contributed by atoms with van der Waals surface area (Å²) in [7, 11) is 0. The summed E-state index contributed by atoms with van der Waals surface area (Å²) in [6, 6.07) is 2.87. The molecule has 0 bridgehead atoms. The molecule has 2 amide bonds. The summed E-state index contributed by atoms with van der Waals surface area (Å²) in [5.41, 5.74) is -0.245. The SMILES string of the molecule is C[C@@H]1CN(C(=O)OC(C)(C)C)[C@H](c2ccc(F)c(Cl)c2)C(=O)N1. The molecule has 0 aliphatic carbocycles. The second-order valence-electron chi connectivity index (χ2n) is 6.62. The molecule has 1 saturated heterocycles. The van der Waals surface area contributed by atoms with Crippen LogP contribution in [0.4, 0.5) is 9.18 Å². The van der Waals surface area contributed by atoms with Crippen molar-refractivity contribution in [2.45, 2.75) is 45.4 Å². The lowest BCUT2D eigenvalue weighted by molar-refractivity contribution is -0.130. The fraction of sp³-hybridized carbons (Fsp3) is 0.500. The second-order valence-corrected chi connectivity index (χ2v) is 7.03. The summed E-state index contributed by atoms with van der Waals surface area (Å²) >= 11 is 5.80. The molecule has 0 aromatic heterocycles. The Morgan fingerprint density at radius 2 is 2.09 bits per heavy atom. The van der Waals surface area contributed by atoms with E-state index in [1.165, 1.54) is 23.1 Å². The molecule has 0 spiro atoms. The van der Waals surface area contributed by atoms with Crippen molar-refractivity contribution < 1.29 is 18.7 Å². The van der Waals surface area contributed by atoms with Crippen molar-refractivity contribution in [3.8, 4) is 0 Å². The van der Waals surface area contributed by atoms with E-state index in [1.807, 2.05) is 0 Å². The van der Waals surface area contributed by atoms with Crippen LogP contribution in [0.3, 0.4) is 0 Å². The number of carbonyl (C=O) groups excluding carboxylic acids is 2. The minimum atomic E-state index is -0.904. The fourth-order valence-electron chi connectivity index (χ4n) is 2.42. The summed E-state index contributed by atoms with van der Waals surface area (Å²) in [5.74, 6) is -0.930. The van der Waals surface area contributed by atoms with Crippen molar-refractivity contribution in [3.63, 3.8) is 0 Å². The zero-order valence-electron chi connectivity index (χ0n) is 13.5. The highest BCUT2D eigenvalue weighted by atomic mass is 35.5. The van der Waals surface area contributed by atoms with Gasteiger partial charge in [-0.3, -0.25) is 9.69 Å². The Kier molecular flexibility index (Phi) is 4.84. The van der Waals surface area contributed by atoms with Crippen LogP contribution in [0.15, 0.2) is 18.2 Å². The normalized spacial score (nSPS) is 21.8. The molecule has 1 fully saturated rings. The summed E-state index contributed by atoms with van der Waals surface area (Å²) in [6.45, 7) is 7.34. The first-order valence-corrected chi connectivity index (χ1v) is 7.71. The number of amides is 2. The van der Waals surface area contributed by atoms with E-state index in [1.54, 1.807) is 27.7 Å². The molecule has 2 rings (SSSR count). The van der Waals surface area contributed by atoms with E-state index in [9.17, 15) is 14.0 Å². The zero-order chi connectivity index (χ0) is 17.4. The third-order valence-corrected chi connectivity index (χ3v) is 3.60. The van der Waals surface area contributed by atoms with E-state index < -0.39 is 23.6 Å². The van der Waals surface area contributed by atoms with Crippen LogP contribution in [-0.2, 0) is 9.53 Å². The Morgan fingerprint density at radius 3 is 2.65 bits per heavy atom. The quantitative estimate of drug-likeness (QED) is 0.852. The number of nitrogens with one attached hydrogen (secondary N) is 1. The van der Waals surface area contributed by atoms with Crippen molar-refractivity contribution in [2.75, 3.05) is 6.54 Å². The van der Waals surface area contributed by atoms with Gasteiger partial charge < -0.3 is 10.1 Å². The Hall–Kier alpha value is -1.82. The predicted molar refractivity (Wildman–Crippen MR) is 84.7 cm³/mol. The minimum Gasteiger partial charge on any atom is -0.444 e. The molecule has 1 aliphatic rings. The smallest absolute Gasteiger partial charge is 0.411 e. The molecule has 0 saturated carbocycles. The summed E-state index contributed by atoms with van der Waals surface area (Å²) in [5, 5.41) is 2.69. The lowest BCUT2D eigenvalue weighted by Gasteiger charge is -2.39. The van der Waals surface area contributed by atoms with Crippen molar-refractivity contribution in [2.24, 2.45) is 0 Å². The number of benzene rings is 1. The van der Waals surface area contributed by atoms with Crippen LogP contribution < -0.4 is 5.32 Å². The number of piperazine rings is 1. The van der Waals surface area contributed by atoms with Crippen LogP contribution >= 0.6 is 11.6 Å². The molecule has 1 N–H and O–H groups in total. The fourth-order valence-corrected chi connectivity index (χ4v) is 2.61. The van der Waals surface area contributed by atoms with Gasteiger partial charge in [0.05, 0.1) is 5.02 Å². The van der Waals surface area contributed by atoms with Crippen molar-refractivity contribution in [1.82, 2.24) is 10.2 Å². The summed E-state index contributed by atoms with van der Waals surface area (Å²) in [6.07, 6.45) is -0.593. The van der Waals surface area contributed by atoms with Crippen molar-refractivity contribution >= 4 is 23.6 Å². The Bertz CT molecular complexity index is 630. The molecule has 1 aromatic carbocycles. The van der Waals surface area contributed by atoms with E-state index in [0.29, 0.717) is 12.1 Å². The maximum Gasteiger partial charge on any atom is 0.411 e. The Morgan fingerprint density at radius 1 is 1.43 bits per heavy atom. The van der Waals surface area contributed by atoms with Crippen LogP contribution in [0.25, 0.3) is 0 Å². The van der Waals surface area contributed by atoms with E-state index in [-0.39, 0.29) is 17.0 Å². The van der Waals surface area contributed by atoms with Gasteiger partial charge in [0.25, 0.3) is 0 Å². The number of nitrogens with zero attached hydrogens (tertiary/aromatic N) is 1. The maximum atomic E-state index is 13.4. The third-order valence-electron chi connectivity index (χ3n) is 3.31. The number of carbonyl (C=O) groups is 2. The number of ether oxygens (including phenoxy) is 1. The molecule has 0 radical (unpaired) electrons. The van der Waals surface area contributed by atoms with Gasteiger partial charge in [0.1, 0.15) is 17.5 Å². The average molecular weight is 343 g/mol. The molecule has 126 valence electrons. The molecule has 2 atom stereocenters. The maximum absolute atomic E-state index is 13.4. The first-order valence-electron chi connectivity index (χ1n) is 7.33. The largest absolute Gasteiger partial charge is 0.444 e. The van der Waals surface area contributed by atoms with Crippen LogP contribution in [0.5, 0.6) is 0 Å². The van der Waals surface area contributed by atoms with Gasteiger partial charge in [-0.2, -0.15) is 0 Å². The Balaban J connectivity index is 2.37. The van der Waals surface area contributed by atoms with Gasteiger partial charge in [-0.1, -0.05) is 17.7 Å². The second kappa shape index (κ2) is 6.35. The minimum absolute atomic E-state index is 0.0990. The molecule has 1 heterocycles. The zero-order valence-corrected chi connectivity index (χ0v) is 14.3. The number of halogens is 2. The summed E-state index contributed by atoms with van der Waals surface area (Å²) in [4.78, 5) is 26.2. The van der Waals surface area contributed by atoms with Crippen LogP contribution in [0, 0.1) is 5.82 Å². The highest BCUT2D eigenvalue weighted by Crippen LogP contribution is 2.29. The van der Waals surface area contributed by atoms with Gasteiger partial charge in [-0.05, 0) is 45.4 Å². The molecule has 1 aliphatic heterocycles. The van der Waals surface area contributed by atoms with Gasteiger partial charge in [0.15, 0.2) is 0 Å². The van der Waals surface area contributed by atoms with Crippen LogP contribution in [-0.4, -0.2) is 35.1 Å². The molecule has 5 nitrogen and oxygen atoms in total. The molecule has 0 unspecified atom stereocenters. The van der Waals surface area contributed by atoms with Crippen molar-refractivity contribution in [3.05, 3.63) is 34.6 Å². The highest BCUT2D eigenvalue weighted by molar-refractivity contribution is 6.30. The highest BCUT2D eigenvalue weighted by Gasteiger charge is 2.39. The molecular formula is C16H20ClFN2O3. The number of hydrogen-bond acceptors (Lipinski definition) is 3. The summed E-state index contributed by atoms with van der Waals surface area (Å²) < 4.78 is 18.7. The Labute approximate surface area is 139 Å². The van der Waals surface area contributed by atoms with Crippen LogP contribution in [0.2, 0.25) is 5.02 Å². The van der Waals surface area contributed by atoms with Gasteiger partial charge >= 0.3 is 6.09 Å². The number of rotatable bonds is 1. The molecule has 1 aromatic rings. The molecule has 23 heavy (non-hydrogen) atoms. The van der Waals surface area contributed by atoms with E-state index >= 15 is 0 Å². The molecule has 7 heteroatoms. The molecular weight excluding hydrogens is 323 g/mol. The van der Waals surface area contributed by atoms with Gasteiger partial charge in [-0.25, -0.2) is 9.18 Å². The van der Waals surface area contributed by atoms with Crippen LogP contribution in [0.1, 0.15) is 39.3 Å². The van der Waals surface area contributed by atoms with E-state index in [2.05, 4.69) is 5.32 Å². The van der Waals surface area contributed by atoms with Gasteiger partial charge in [-0.15, -0.1) is 0 Å². The lowest BCUT2D eigenvalue weighted by atomic mass is 10.0. The topological polar surface area (TPSA) is 58.6 Å². The predicted octanol–water partition coefficient (Wildman–Crippen LogP) is 3.28. The van der Waals surface area contributed by atoms with Gasteiger partial charge in [0.2, 0.25) is 5.91 Å². The monoisotopic (exact) mass is 342 g/mol. The average Bonchev–Trinajstić information content (AvgIpc) is 2.39. The first-order chi connectivity index (χ1) is 10.6. The van der Waals surface area contributed by atoms with E-state index in [0.717, 1.165) is 0 Å². The lowest BCUT2D eigenvalue weighted by Crippen LogP contribution is -2.57. The van der Waals surface area contributed by atoms with Gasteiger partial charge in [0, 0.05) is 12.6 Å². The third kappa shape index (κ3) is 4.13. The van der Waals surface area contributed by atoms with E-state index in [4.69, 9.17) is 16.3 Å². The first kappa shape index (κ1) is 17.5. The van der Waals surface area contributed by atoms with Crippen molar-refractivity contribution in [1.29, 1.82) is 0 Å². The standard InChI is InChI=1S/C16H20ClFN2O3/c1-9-8-20(15(22)23-16(2,3)4)13(14(21)19-9)10-5-6-12(18)11(17)7-10/h5-7,9,13H,8H2,1-4H3,(H,19,21)/t9-,13-/m1/s1.